The molecule has 2 heterocycles. The van der Waals surface area contributed by atoms with Crippen LogP contribution in [0.3, 0.4) is 0 Å². The molecule has 148 valence electrons. The van der Waals surface area contributed by atoms with Crippen molar-refractivity contribution < 1.29 is 14.3 Å². The highest BCUT2D eigenvalue weighted by atomic mass is 16.5. The molecule has 0 fully saturated rings. The zero-order chi connectivity index (χ0) is 21.1. The largest absolute Gasteiger partial charge is 0.464 e. The van der Waals surface area contributed by atoms with Gasteiger partial charge in [-0.25, -0.2) is 9.48 Å². The summed E-state index contributed by atoms with van der Waals surface area (Å²) in [5, 5.41) is 16.3. The molecule has 0 aliphatic carbocycles. The summed E-state index contributed by atoms with van der Waals surface area (Å²) in [5.41, 5.74) is 7.90. The average Bonchev–Trinajstić information content (AvgIpc) is 3.32. The standard InChI is InChI=1S/C20H20N6O3/c1-12(2)23-19(27)16-8-9-26(24-16)15-6-4-14(5-7-15)25-11-13(10-21)17(22)18(25)20(28)29-3/h4-9,11-12H,22H2,1-3H3,(H,23,27). The highest BCUT2D eigenvalue weighted by Crippen LogP contribution is 2.25. The topological polar surface area (TPSA) is 128 Å². The Hall–Kier alpha value is -4.06. The number of aromatic nitrogens is 3. The van der Waals surface area contributed by atoms with Gasteiger partial charge >= 0.3 is 5.97 Å². The van der Waals surface area contributed by atoms with Crippen LogP contribution in [0.5, 0.6) is 0 Å². The van der Waals surface area contributed by atoms with Crippen LogP contribution in [0.25, 0.3) is 11.4 Å². The summed E-state index contributed by atoms with van der Waals surface area (Å²) >= 11 is 0. The monoisotopic (exact) mass is 392 g/mol. The van der Waals surface area contributed by atoms with E-state index in [1.54, 1.807) is 41.2 Å². The number of nitrogens with one attached hydrogen (secondary N) is 1. The Morgan fingerprint density at radius 2 is 1.86 bits per heavy atom. The number of hydrogen-bond donors (Lipinski definition) is 2. The van der Waals surface area contributed by atoms with Gasteiger partial charge in [-0.15, -0.1) is 0 Å². The van der Waals surface area contributed by atoms with Crippen molar-refractivity contribution in [2.75, 3.05) is 12.8 Å². The minimum Gasteiger partial charge on any atom is -0.464 e. The maximum Gasteiger partial charge on any atom is 0.357 e. The van der Waals surface area contributed by atoms with Gasteiger partial charge in [-0.05, 0) is 44.2 Å². The molecule has 2 aromatic heterocycles. The van der Waals surface area contributed by atoms with E-state index in [-0.39, 0.29) is 28.9 Å². The number of nitriles is 1. The first kappa shape index (κ1) is 19.7. The molecule has 0 radical (unpaired) electrons. The second-order valence-corrected chi connectivity index (χ2v) is 6.57. The van der Waals surface area contributed by atoms with E-state index < -0.39 is 5.97 Å². The van der Waals surface area contributed by atoms with E-state index >= 15 is 0 Å². The van der Waals surface area contributed by atoms with Crippen LogP contribution in [-0.4, -0.2) is 39.4 Å². The molecule has 9 nitrogen and oxygen atoms in total. The van der Waals surface area contributed by atoms with E-state index in [1.165, 1.54) is 17.9 Å². The molecule has 0 bridgehead atoms. The van der Waals surface area contributed by atoms with E-state index in [2.05, 4.69) is 10.4 Å². The molecule has 29 heavy (non-hydrogen) atoms. The number of carbonyl (C=O) groups excluding carboxylic acids is 2. The summed E-state index contributed by atoms with van der Waals surface area (Å²) in [7, 11) is 1.25. The molecular formula is C20H20N6O3. The molecule has 0 aliphatic rings. The lowest BCUT2D eigenvalue weighted by atomic mass is 10.2. The van der Waals surface area contributed by atoms with Crippen molar-refractivity contribution in [2.45, 2.75) is 19.9 Å². The SMILES string of the molecule is COC(=O)c1c(N)c(C#N)cn1-c1ccc(-n2ccc(C(=O)NC(C)C)n2)cc1. The number of benzene rings is 1. The third-order valence-corrected chi connectivity index (χ3v) is 4.18. The number of amides is 1. The van der Waals surface area contributed by atoms with Crippen molar-refractivity contribution in [1.29, 1.82) is 5.26 Å². The molecule has 3 N–H and O–H groups in total. The first-order valence-corrected chi connectivity index (χ1v) is 8.82. The fourth-order valence-electron chi connectivity index (χ4n) is 2.81. The van der Waals surface area contributed by atoms with Crippen LogP contribution < -0.4 is 11.1 Å². The van der Waals surface area contributed by atoms with Gasteiger partial charge < -0.3 is 20.4 Å². The summed E-state index contributed by atoms with van der Waals surface area (Å²) < 4.78 is 7.86. The number of nitrogens with two attached hydrogens (primary N) is 1. The average molecular weight is 392 g/mol. The lowest BCUT2D eigenvalue weighted by Gasteiger charge is -2.09. The number of esters is 1. The first-order valence-electron chi connectivity index (χ1n) is 8.82. The van der Waals surface area contributed by atoms with Crippen molar-refractivity contribution in [1.82, 2.24) is 19.7 Å². The molecular weight excluding hydrogens is 372 g/mol. The molecule has 0 spiro atoms. The number of ether oxygens (including phenoxy) is 1. The van der Waals surface area contributed by atoms with Gasteiger partial charge in [0.25, 0.3) is 5.91 Å². The molecule has 0 unspecified atom stereocenters. The van der Waals surface area contributed by atoms with Crippen molar-refractivity contribution in [2.24, 2.45) is 0 Å². The Morgan fingerprint density at radius 1 is 1.21 bits per heavy atom. The summed E-state index contributed by atoms with van der Waals surface area (Å²) in [6.07, 6.45) is 3.17. The summed E-state index contributed by atoms with van der Waals surface area (Å²) in [5.74, 6) is -0.883. The Kier molecular flexibility index (Phi) is 5.36. The van der Waals surface area contributed by atoms with Gasteiger partial charge in [-0.3, -0.25) is 4.79 Å². The molecule has 9 heteroatoms. The summed E-state index contributed by atoms with van der Waals surface area (Å²) in [4.78, 5) is 24.2. The highest BCUT2D eigenvalue weighted by Gasteiger charge is 2.21. The predicted octanol–water partition coefficient (Wildman–Crippen LogP) is 2.04. The van der Waals surface area contributed by atoms with Crippen molar-refractivity contribution in [3.8, 4) is 17.4 Å². The molecule has 3 rings (SSSR count). The predicted molar refractivity (Wildman–Crippen MR) is 106 cm³/mol. The molecule has 3 aromatic rings. The maximum atomic E-state index is 12.1. The highest BCUT2D eigenvalue weighted by molar-refractivity contribution is 5.96. The molecule has 0 atom stereocenters. The van der Waals surface area contributed by atoms with Gasteiger partial charge in [-0.1, -0.05) is 0 Å². The third kappa shape index (κ3) is 3.82. The van der Waals surface area contributed by atoms with Crippen LogP contribution in [0.15, 0.2) is 42.7 Å². The van der Waals surface area contributed by atoms with Crippen LogP contribution in [-0.2, 0) is 4.74 Å². The molecule has 0 saturated carbocycles. The molecule has 0 aliphatic heterocycles. The van der Waals surface area contributed by atoms with Crippen LogP contribution in [0, 0.1) is 11.3 Å². The quantitative estimate of drug-likeness (QED) is 0.640. The summed E-state index contributed by atoms with van der Waals surface area (Å²) in [6.45, 7) is 3.75. The molecule has 1 amide bonds. The van der Waals surface area contributed by atoms with Crippen molar-refractivity contribution in [3.05, 3.63) is 59.7 Å². The summed E-state index contributed by atoms with van der Waals surface area (Å²) in [6, 6.07) is 10.7. The van der Waals surface area contributed by atoms with Gasteiger partial charge in [0.15, 0.2) is 11.4 Å². The van der Waals surface area contributed by atoms with E-state index in [0.29, 0.717) is 11.4 Å². The van der Waals surface area contributed by atoms with Crippen molar-refractivity contribution in [3.63, 3.8) is 0 Å². The Morgan fingerprint density at radius 3 is 2.45 bits per heavy atom. The normalized spacial score (nSPS) is 10.6. The fraction of sp³-hybridized carbons (Fsp3) is 0.200. The van der Waals surface area contributed by atoms with Crippen molar-refractivity contribution >= 4 is 17.6 Å². The third-order valence-electron chi connectivity index (χ3n) is 4.18. The van der Waals surface area contributed by atoms with E-state index in [9.17, 15) is 14.9 Å². The smallest absolute Gasteiger partial charge is 0.357 e. The van der Waals surface area contributed by atoms with Crippen LogP contribution in [0.4, 0.5) is 5.69 Å². The van der Waals surface area contributed by atoms with E-state index in [1.807, 2.05) is 19.9 Å². The first-order chi connectivity index (χ1) is 13.8. The second kappa shape index (κ2) is 7.90. The number of rotatable bonds is 5. The van der Waals surface area contributed by atoms with E-state index in [0.717, 1.165) is 5.69 Å². The Labute approximate surface area is 167 Å². The maximum absolute atomic E-state index is 12.1. The second-order valence-electron chi connectivity index (χ2n) is 6.57. The van der Waals surface area contributed by atoms with E-state index in [4.69, 9.17) is 10.5 Å². The van der Waals surface area contributed by atoms with Gasteiger partial charge in [-0.2, -0.15) is 10.4 Å². The Balaban J connectivity index is 1.93. The van der Waals surface area contributed by atoms with Crippen LogP contribution >= 0.6 is 0 Å². The van der Waals surface area contributed by atoms with Crippen LogP contribution in [0.2, 0.25) is 0 Å². The number of carbonyl (C=O) groups is 2. The Bertz CT molecular complexity index is 1100. The van der Waals surface area contributed by atoms with Gasteiger partial charge in [0, 0.05) is 24.1 Å². The molecule has 0 saturated heterocycles. The number of hydrogen-bond acceptors (Lipinski definition) is 6. The fourth-order valence-corrected chi connectivity index (χ4v) is 2.81. The zero-order valence-corrected chi connectivity index (χ0v) is 16.2. The minimum absolute atomic E-state index is 0.0169. The van der Waals surface area contributed by atoms with Gasteiger partial charge in [0.05, 0.1) is 24.0 Å². The number of methoxy groups -OCH3 is 1. The number of anilines is 1. The van der Waals surface area contributed by atoms with Gasteiger partial charge in [0.1, 0.15) is 6.07 Å². The minimum atomic E-state index is -0.638. The lowest BCUT2D eigenvalue weighted by molar-refractivity contribution is 0.0592. The number of nitrogen functional groups attached to an aromatic ring is 1. The lowest BCUT2D eigenvalue weighted by Crippen LogP contribution is -2.30. The van der Waals surface area contributed by atoms with Gasteiger partial charge in [0.2, 0.25) is 0 Å². The molecule has 1 aromatic carbocycles. The van der Waals surface area contributed by atoms with Crippen LogP contribution in [0.1, 0.15) is 40.4 Å². The number of nitrogens with zero attached hydrogens (tertiary/aromatic N) is 4. The zero-order valence-electron chi connectivity index (χ0n) is 16.2.